The number of aliphatic hydroxyl groups is 1. The number of alkyl halides is 3. The van der Waals surface area contributed by atoms with Gasteiger partial charge in [-0.3, -0.25) is 0 Å². The van der Waals surface area contributed by atoms with Crippen molar-refractivity contribution in [3.8, 4) is 16.8 Å². The van der Waals surface area contributed by atoms with Crippen molar-refractivity contribution in [2.75, 3.05) is 0 Å². The summed E-state index contributed by atoms with van der Waals surface area (Å²) >= 11 is 0. The lowest BCUT2D eigenvalue weighted by Crippen LogP contribution is -2.45. The van der Waals surface area contributed by atoms with Crippen LogP contribution >= 0.6 is 0 Å². The fourth-order valence-electron chi connectivity index (χ4n) is 2.79. The summed E-state index contributed by atoms with van der Waals surface area (Å²) < 4.78 is 53.0. The summed E-state index contributed by atoms with van der Waals surface area (Å²) in [6.45, 7) is 0. The standard InChI is InChI=1S/C19H13F4N3O2/c20-15-5-7-16(8-6-15)26-11-14(10-24-26)12-1-3-13(4-2-12)17-9-18(27,28-25-17)19(21,22)23/h1-8,10-11,27H,9H2. The number of hydrogen-bond donors (Lipinski definition) is 1. The molecule has 0 amide bonds. The van der Waals surface area contributed by atoms with Gasteiger partial charge >= 0.3 is 12.0 Å². The molecule has 4 rings (SSSR count). The summed E-state index contributed by atoms with van der Waals surface area (Å²) in [4.78, 5) is 4.23. The number of benzene rings is 2. The fourth-order valence-corrected chi connectivity index (χ4v) is 2.79. The van der Waals surface area contributed by atoms with Crippen molar-refractivity contribution in [2.24, 2.45) is 5.16 Å². The zero-order valence-corrected chi connectivity index (χ0v) is 14.2. The summed E-state index contributed by atoms with van der Waals surface area (Å²) in [5, 5.41) is 17.1. The molecule has 0 fully saturated rings. The first-order valence-electron chi connectivity index (χ1n) is 8.21. The molecule has 1 aromatic heterocycles. The SMILES string of the molecule is OC1(C(F)(F)F)CC(c2ccc(-c3cnn(-c4ccc(F)cc4)c3)cc2)=NO1. The maximum atomic E-state index is 13.0. The molecular formula is C19H13F4N3O2. The van der Waals surface area contributed by atoms with Crippen molar-refractivity contribution in [3.63, 3.8) is 0 Å². The third kappa shape index (κ3) is 3.24. The molecule has 3 aromatic rings. The monoisotopic (exact) mass is 391 g/mol. The number of nitrogens with zero attached hydrogens (tertiary/aromatic N) is 3. The highest BCUT2D eigenvalue weighted by atomic mass is 19.4. The van der Waals surface area contributed by atoms with E-state index in [1.54, 1.807) is 53.5 Å². The Morgan fingerprint density at radius 1 is 0.964 bits per heavy atom. The van der Waals surface area contributed by atoms with Crippen LogP contribution in [0.5, 0.6) is 0 Å². The van der Waals surface area contributed by atoms with Gasteiger partial charge in [0.15, 0.2) is 0 Å². The molecule has 9 heteroatoms. The van der Waals surface area contributed by atoms with Gasteiger partial charge in [-0.1, -0.05) is 29.4 Å². The molecule has 0 saturated carbocycles. The number of rotatable bonds is 3. The minimum atomic E-state index is -4.94. The molecular weight excluding hydrogens is 378 g/mol. The largest absolute Gasteiger partial charge is 0.458 e. The van der Waals surface area contributed by atoms with Crippen LogP contribution in [0.3, 0.4) is 0 Å². The van der Waals surface area contributed by atoms with Crippen LogP contribution in [0.25, 0.3) is 16.8 Å². The van der Waals surface area contributed by atoms with Crippen molar-refractivity contribution in [2.45, 2.75) is 18.4 Å². The number of oxime groups is 1. The zero-order chi connectivity index (χ0) is 19.9. The van der Waals surface area contributed by atoms with E-state index >= 15 is 0 Å². The van der Waals surface area contributed by atoms with Crippen LogP contribution in [-0.2, 0) is 4.84 Å². The molecule has 0 aliphatic carbocycles. The molecule has 1 aliphatic rings. The Kier molecular flexibility index (Phi) is 4.19. The van der Waals surface area contributed by atoms with Crippen molar-refractivity contribution in [3.05, 3.63) is 72.3 Å². The summed E-state index contributed by atoms with van der Waals surface area (Å²) in [5.41, 5.74) is 2.66. The minimum absolute atomic E-state index is 0.00776. The lowest BCUT2D eigenvalue weighted by Gasteiger charge is -2.22. The van der Waals surface area contributed by atoms with Gasteiger partial charge in [0.2, 0.25) is 0 Å². The van der Waals surface area contributed by atoms with Crippen LogP contribution in [0, 0.1) is 5.82 Å². The zero-order valence-electron chi connectivity index (χ0n) is 14.2. The molecule has 1 atom stereocenters. The number of hydrogen-bond acceptors (Lipinski definition) is 4. The average molecular weight is 391 g/mol. The van der Waals surface area contributed by atoms with Crippen LogP contribution in [0.2, 0.25) is 0 Å². The van der Waals surface area contributed by atoms with Gasteiger partial charge in [-0.05, 0) is 35.4 Å². The topological polar surface area (TPSA) is 59.6 Å². The van der Waals surface area contributed by atoms with Crippen LogP contribution < -0.4 is 0 Å². The Balaban J connectivity index is 1.53. The second kappa shape index (κ2) is 6.45. The van der Waals surface area contributed by atoms with E-state index in [-0.39, 0.29) is 11.5 Å². The van der Waals surface area contributed by atoms with E-state index in [4.69, 9.17) is 0 Å². The first-order chi connectivity index (χ1) is 13.2. The molecule has 1 N–H and O–H groups in total. The maximum Gasteiger partial charge on any atom is 0.458 e. The van der Waals surface area contributed by atoms with Gasteiger partial charge in [-0.25, -0.2) is 9.07 Å². The predicted molar refractivity (Wildman–Crippen MR) is 92.2 cm³/mol. The van der Waals surface area contributed by atoms with Crippen LogP contribution in [0.15, 0.2) is 66.1 Å². The number of halogens is 4. The van der Waals surface area contributed by atoms with Crippen molar-refractivity contribution in [1.82, 2.24) is 9.78 Å². The smallest absolute Gasteiger partial charge is 0.350 e. The van der Waals surface area contributed by atoms with Gasteiger partial charge < -0.3 is 9.94 Å². The molecule has 0 saturated heterocycles. The lowest BCUT2D eigenvalue weighted by molar-refractivity contribution is -0.355. The Bertz CT molecular complexity index is 1030. The van der Waals surface area contributed by atoms with E-state index in [0.29, 0.717) is 11.3 Å². The molecule has 1 aliphatic heterocycles. The molecule has 2 aromatic carbocycles. The van der Waals surface area contributed by atoms with E-state index in [1.807, 2.05) is 0 Å². The van der Waals surface area contributed by atoms with E-state index < -0.39 is 18.4 Å². The fraction of sp³-hybridized carbons (Fsp3) is 0.158. The average Bonchev–Trinajstić information content (AvgIpc) is 3.30. The lowest BCUT2D eigenvalue weighted by atomic mass is 10.00. The Labute approximate surface area is 156 Å². The van der Waals surface area contributed by atoms with Crippen molar-refractivity contribution < 1.29 is 27.5 Å². The van der Waals surface area contributed by atoms with Crippen molar-refractivity contribution in [1.29, 1.82) is 0 Å². The molecule has 0 bridgehead atoms. The van der Waals surface area contributed by atoms with Crippen LogP contribution in [0.1, 0.15) is 12.0 Å². The summed E-state index contributed by atoms with van der Waals surface area (Å²) in [6.07, 6.45) is -2.34. The Morgan fingerprint density at radius 2 is 1.61 bits per heavy atom. The highest BCUT2D eigenvalue weighted by molar-refractivity contribution is 6.01. The molecule has 28 heavy (non-hydrogen) atoms. The van der Waals surface area contributed by atoms with Crippen LogP contribution in [-0.4, -0.2) is 32.6 Å². The number of aromatic nitrogens is 2. The van der Waals surface area contributed by atoms with Gasteiger partial charge in [-0.2, -0.15) is 18.3 Å². The Hall–Kier alpha value is -3.20. The molecule has 144 valence electrons. The van der Waals surface area contributed by atoms with Crippen LogP contribution in [0.4, 0.5) is 17.6 Å². The third-order valence-electron chi connectivity index (χ3n) is 4.38. The second-order valence-electron chi connectivity index (χ2n) is 6.32. The molecule has 0 radical (unpaired) electrons. The first kappa shape index (κ1) is 18.2. The minimum Gasteiger partial charge on any atom is -0.350 e. The van der Waals surface area contributed by atoms with E-state index in [2.05, 4.69) is 15.1 Å². The van der Waals surface area contributed by atoms with Gasteiger partial charge in [0, 0.05) is 11.8 Å². The quantitative estimate of drug-likeness (QED) is 0.686. The summed E-state index contributed by atoms with van der Waals surface area (Å²) in [6, 6.07) is 12.4. The first-order valence-corrected chi connectivity index (χ1v) is 8.21. The van der Waals surface area contributed by atoms with E-state index in [9.17, 15) is 22.7 Å². The van der Waals surface area contributed by atoms with Gasteiger partial charge in [-0.15, -0.1) is 0 Å². The Morgan fingerprint density at radius 3 is 2.21 bits per heavy atom. The molecule has 0 spiro atoms. The van der Waals surface area contributed by atoms with Gasteiger partial charge in [0.1, 0.15) is 5.82 Å². The van der Waals surface area contributed by atoms with Crippen molar-refractivity contribution >= 4 is 5.71 Å². The normalized spacial score (nSPS) is 19.4. The highest BCUT2D eigenvalue weighted by Gasteiger charge is 2.60. The van der Waals surface area contributed by atoms with Gasteiger partial charge in [0.25, 0.3) is 0 Å². The molecule has 2 heterocycles. The molecule has 5 nitrogen and oxygen atoms in total. The van der Waals surface area contributed by atoms with E-state index in [1.165, 1.54) is 12.1 Å². The van der Waals surface area contributed by atoms with Gasteiger partial charge in [0.05, 0.1) is 24.0 Å². The second-order valence-corrected chi connectivity index (χ2v) is 6.32. The maximum absolute atomic E-state index is 13.0. The van der Waals surface area contributed by atoms with E-state index in [0.717, 1.165) is 11.1 Å². The summed E-state index contributed by atoms with van der Waals surface area (Å²) in [7, 11) is 0. The summed E-state index contributed by atoms with van der Waals surface area (Å²) in [5.74, 6) is -3.64. The molecule has 1 unspecified atom stereocenters. The predicted octanol–water partition coefficient (Wildman–Crippen LogP) is 4.05. The highest BCUT2D eigenvalue weighted by Crippen LogP contribution is 2.39. The third-order valence-corrected chi connectivity index (χ3v) is 4.38.